The minimum Gasteiger partial charge on any atom is -0.458 e. The lowest BCUT2D eigenvalue weighted by atomic mass is 9.47. The molecule has 5 unspecified atom stereocenters. The number of aliphatic hydroxyl groups is 2. The Morgan fingerprint density at radius 2 is 1.46 bits per heavy atom. The van der Waals surface area contributed by atoms with Crippen LogP contribution in [0.25, 0.3) is 6.08 Å². The third kappa shape index (κ3) is 6.66. The molecule has 0 amide bonds. The minimum absolute atomic E-state index is 0.220. The van der Waals surface area contributed by atoms with Gasteiger partial charge in [0.2, 0.25) is 0 Å². The molecule has 2 saturated carbocycles. The summed E-state index contributed by atoms with van der Waals surface area (Å²) in [4.78, 5) is 52.7. The molecule has 8 atom stereocenters. The highest BCUT2D eigenvalue weighted by Gasteiger charge is 2.69. The van der Waals surface area contributed by atoms with Gasteiger partial charge >= 0.3 is 23.9 Å². The van der Waals surface area contributed by atoms with Gasteiger partial charge in [0.1, 0.15) is 23.9 Å². The van der Waals surface area contributed by atoms with Crippen LogP contribution in [0.1, 0.15) is 76.7 Å². The Labute approximate surface area is 292 Å². The normalized spacial score (nSPS) is 31.9. The van der Waals surface area contributed by atoms with Crippen molar-refractivity contribution in [2.45, 2.75) is 96.9 Å². The highest BCUT2D eigenvalue weighted by atomic mass is 16.6. The zero-order valence-electron chi connectivity index (χ0n) is 29.4. The van der Waals surface area contributed by atoms with Crippen molar-refractivity contribution in [3.05, 3.63) is 101 Å². The molecule has 0 aliphatic heterocycles. The van der Waals surface area contributed by atoms with Crippen molar-refractivity contribution in [1.29, 1.82) is 0 Å². The first-order valence-corrected chi connectivity index (χ1v) is 16.9. The van der Waals surface area contributed by atoms with Gasteiger partial charge in [-0.1, -0.05) is 75.9 Å². The molecule has 5 rings (SSSR count). The van der Waals surface area contributed by atoms with E-state index in [4.69, 9.17) is 18.9 Å². The lowest BCUT2D eigenvalue weighted by Crippen LogP contribution is -2.71. The lowest BCUT2D eigenvalue weighted by Gasteiger charge is -2.62. The van der Waals surface area contributed by atoms with Crippen molar-refractivity contribution < 1.29 is 48.3 Å². The maximum absolute atomic E-state index is 13.9. The average Bonchev–Trinajstić information content (AvgIpc) is 3.06. The Morgan fingerprint density at radius 3 is 2.06 bits per heavy atom. The van der Waals surface area contributed by atoms with Crippen molar-refractivity contribution >= 4 is 30.0 Å². The van der Waals surface area contributed by atoms with E-state index in [2.05, 4.69) is 6.58 Å². The first kappa shape index (κ1) is 36.7. The van der Waals surface area contributed by atoms with Crippen LogP contribution in [0.15, 0.2) is 90.0 Å². The first-order valence-electron chi connectivity index (χ1n) is 16.9. The van der Waals surface area contributed by atoms with E-state index >= 15 is 0 Å². The van der Waals surface area contributed by atoms with E-state index in [-0.39, 0.29) is 24.8 Å². The molecular weight excluding hydrogens is 640 g/mol. The topological polar surface area (TPSA) is 146 Å². The quantitative estimate of drug-likeness (QED) is 0.165. The Morgan fingerprint density at radius 1 is 0.860 bits per heavy atom. The van der Waals surface area contributed by atoms with Crippen molar-refractivity contribution in [2.75, 3.05) is 0 Å². The van der Waals surface area contributed by atoms with Gasteiger partial charge in [-0.15, -0.1) is 0 Å². The van der Waals surface area contributed by atoms with Crippen LogP contribution in [-0.4, -0.2) is 70.2 Å². The van der Waals surface area contributed by atoms with Crippen LogP contribution in [0, 0.1) is 16.7 Å². The molecule has 0 saturated heterocycles. The predicted molar refractivity (Wildman–Crippen MR) is 184 cm³/mol. The molecule has 0 radical (unpaired) electrons. The van der Waals surface area contributed by atoms with Gasteiger partial charge < -0.3 is 29.2 Å². The largest absolute Gasteiger partial charge is 0.458 e. The molecule has 2 bridgehead atoms. The second kappa shape index (κ2) is 14.0. The zero-order chi connectivity index (χ0) is 36.6. The second-order valence-corrected chi connectivity index (χ2v) is 14.4. The van der Waals surface area contributed by atoms with Gasteiger partial charge in [0.15, 0.2) is 6.10 Å². The number of benzene rings is 2. The van der Waals surface area contributed by atoms with Crippen LogP contribution < -0.4 is 0 Å². The third-order valence-electron chi connectivity index (χ3n) is 10.9. The summed E-state index contributed by atoms with van der Waals surface area (Å²) in [5.41, 5.74) is -2.36. The van der Waals surface area contributed by atoms with Gasteiger partial charge in [0.05, 0.1) is 11.7 Å². The molecule has 3 aliphatic carbocycles. The number of hydrogen-bond donors (Lipinski definition) is 2. The molecule has 266 valence electrons. The number of esters is 4. The van der Waals surface area contributed by atoms with Crippen molar-refractivity contribution in [3.8, 4) is 0 Å². The van der Waals surface area contributed by atoms with Crippen LogP contribution in [-0.2, 0) is 33.3 Å². The molecule has 2 N–H and O–H groups in total. The van der Waals surface area contributed by atoms with E-state index in [0.717, 1.165) is 5.56 Å². The smallest absolute Gasteiger partial charge is 0.338 e. The van der Waals surface area contributed by atoms with Gasteiger partial charge in [-0.25, -0.2) is 9.59 Å². The molecule has 0 heterocycles. The van der Waals surface area contributed by atoms with Gasteiger partial charge in [-0.05, 0) is 60.3 Å². The number of aliphatic hydroxyl groups excluding tert-OH is 1. The van der Waals surface area contributed by atoms with Gasteiger partial charge in [0.25, 0.3) is 0 Å². The number of hydrogen-bond acceptors (Lipinski definition) is 10. The predicted octanol–water partition coefficient (Wildman–Crippen LogP) is 5.53. The first-order chi connectivity index (χ1) is 23.5. The summed E-state index contributed by atoms with van der Waals surface area (Å²) in [6.45, 7) is 13.8. The fourth-order valence-corrected chi connectivity index (χ4v) is 8.34. The molecule has 2 fully saturated rings. The van der Waals surface area contributed by atoms with Crippen LogP contribution in [0.4, 0.5) is 0 Å². The van der Waals surface area contributed by atoms with Crippen LogP contribution in [0.3, 0.4) is 0 Å². The van der Waals surface area contributed by atoms with Gasteiger partial charge in [-0.2, -0.15) is 0 Å². The summed E-state index contributed by atoms with van der Waals surface area (Å²) < 4.78 is 24.4. The number of fused-ring (bicyclic) bond motifs is 3. The number of carbonyl (C=O) groups excluding carboxylic acids is 4. The molecule has 0 aromatic heterocycles. The molecule has 2 aromatic rings. The highest BCUT2D eigenvalue weighted by molar-refractivity contribution is 5.89. The van der Waals surface area contributed by atoms with E-state index in [1.54, 1.807) is 57.2 Å². The maximum atomic E-state index is 13.9. The summed E-state index contributed by atoms with van der Waals surface area (Å²) in [6, 6.07) is 17.5. The average molecular weight is 687 g/mol. The summed E-state index contributed by atoms with van der Waals surface area (Å²) in [6.07, 6.45) is -2.78. The molecule has 2 aromatic carbocycles. The summed E-state index contributed by atoms with van der Waals surface area (Å²) >= 11 is 0. The van der Waals surface area contributed by atoms with E-state index in [9.17, 15) is 29.4 Å². The zero-order valence-corrected chi connectivity index (χ0v) is 29.4. The van der Waals surface area contributed by atoms with E-state index in [0.29, 0.717) is 16.7 Å². The van der Waals surface area contributed by atoms with E-state index in [1.165, 1.54) is 19.9 Å². The molecule has 3 aliphatic rings. The summed E-state index contributed by atoms with van der Waals surface area (Å²) in [5.74, 6) is -3.71. The van der Waals surface area contributed by atoms with Crippen molar-refractivity contribution in [2.24, 2.45) is 16.7 Å². The van der Waals surface area contributed by atoms with Gasteiger partial charge in [-0.3, -0.25) is 9.59 Å². The summed E-state index contributed by atoms with van der Waals surface area (Å²) in [5, 5.41) is 24.6. The monoisotopic (exact) mass is 686 g/mol. The van der Waals surface area contributed by atoms with Gasteiger partial charge in [0, 0.05) is 43.1 Å². The molecule has 10 nitrogen and oxygen atoms in total. The highest BCUT2D eigenvalue weighted by Crippen LogP contribution is 2.62. The SMILES string of the molecule is C=C1C(OC(=O)/C=C/c2ccccc2)CC[C@@]2(C)C(OC(C)=O)C(OC(C)=O)C3=C(C)C(O)C[C@@](O)(C(OC(=O)c4ccccc4)[C@H]12)C3(C)C. The second-order valence-electron chi connectivity index (χ2n) is 14.4. The fraction of sp³-hybridized carbons (Fsp3) is 0.450. The van der Waals surface area contributed by atoms with Crippen LogP contribution in [0.5, 0.6) is 0 Å². The number of ether oxygens (including phenoxy) is 4. The number of rotatable bonds is 7. The molecule has 0 spiro atoms. The standard InChI is InChI=1S/C40H46O10/c1-23-29(43)22-40(46)35(50-37(45)28-16-12-9-13-17-28)33-24(2)30(49-31(44)19-18-27-14-10-8-11-15-27)20-21-39(33,7)36(48-26(4)42)34(47-25(3)41)32(23)38(40,5)6/h8-19,29-30,33-36,43,46H,2,20-22H2,1,3-7H3/b19-18+/t29?,30?,33-,34?,35?,36?,39+,40+/m0/s1. The number of carbonyl (C=O) groups is 4. The Kier molecular flexibility index (Phi) is 10.3. The van der Waals surface area contributed by atoms with Crippen LogP contribution in [0.2, 0.25) is 0 Å². The Balaban J connectivity index is 1.70. The third-order valence-corrected chi connectivity index (χ3v) is 10.9. The molecule has 50 heavy (non-hydrogen) atoms. The molecule has 10 heteroatoms. The van der Waals surface area contributed by atoms with Crippen molar-refractivity contribution in [3.63, 3.8) is 0 Å². The minimum atomic E-state index is -1.99. The van der Waals surface area contributed by atoms with Crippen molar-refractivity contribution in [1.82, 2.24) is 0 Å². The molecular formula is C40H46O10. The van der Waals surface area contributed by atoms with E-state index < -0.39 is 76.7 Å². The van der Waals surface area contributed by atoms with E-state index in [1.807, 2.05) is 37.3 Å². The summed E-state index contributed by atoms with van der Waals surface area (Å²) in [7, 11) is 0. The Bertz CT molecular complexity index is 1710. The maximum Gasteiger partial charge on any atom is 0.338 e. The van der Waals surface area contributed by atoms with Crippen LogP contribution >= 0.6 is 0 Å². The fourth-order valence-electron chi connectivity index (χ4n) is 8.34. The lowest BCUT2D eigenvalue weighted by molar-refractivity contribution is -0.233. The Hall–Kier alpha value is -4.54.